The Morgan fingerprint density at radius 3 is 1.89 bits per heavy atom. The average Bonchev–Trinajstić information content (AvgIpc) is 2.55. The molecule has 0 saturated carbocycles. The fourth-order valence-corrected chi connectivity index (χ4v) is 2.48. The molecule has 2 heteroatoms. The van der Waals surface area contributed by atoms with E-state index in [1.165, 1.54) is 37.7 Å². The lowest BCUT2D eigenvalue weighted by atomic mass is 10.00. The van der Waals surface area contributed by atoms with Gasteiger partial charge in [0.25, 0.3) is 0 Å². The molecule has 0 rings (SSSR count). The van der Waals surface area contributed by atoms with Crippen molar-refractivity contribution >= 4 is 6.29 Å². The third-order valence-corrected chi connectivity index (χ3v) is 4.09. The lowest BCUT2D eigenvalue weighted by Crippen LogP contribution is -2.10. The van der Waals surface area contributed by atoms with E-state index in [9.17, 15) is 9.90 Å². The van der Waals surface area contributed by atoms with Crippen LogP contribution in [0.4, 0.5) is 0 Å². The second-order valence-corrected chi connectivity index (χ2v) is 8.78. The summed E-state index contributed by atoms with van der Waals surface area (Å²) >= 11 is 0. The number of aldehydes is 1. The number of allylic oxidation sites excluding steroid dienone is 2. The van der Waals surface area contributed by atoms with E-state index in [4.69, 9.17) is 6.58 Å². The number of aliphatic hydroxyl groups excluding tert-OH is 1. The summed E-state index contributed by atoms with van der Waals surface area (Å²) < 4.78 is 0. The Morgan fingerprint density at radius 2 is 1.54 bits per heavy atom. The standard InChI is InChI=1S/C13H26O.C8H15.C5H10O/c1-5-6-7-8-12(4)10-13(14)9-11(2)3;1-4-5-6-7-8(2)3;1-5(2)3-4-6/h8,11,13-14H,5-7,9-10H2,1-4H3;2H,4-7H2,1,3H3;4-5H,3H2,1-2H3/q;+1;/b12-8+;;. The molecule has 1 N–H and O–H groups in total. The molecule has 0 bridgehead atoms. The molecular weight excluding hydrogens is 344 g/mol. The largest absolute Gasteiger partial charge is 0.393 e. The lowest BCUT2D eigenvalue weighted by molar-refractivity contribution is -0.108. The van der Waals surface area contributed by atoms with Crippen LogP contribution in [0.15, 0.2) is 17.2 Å². The first kappa shape index (κ1) is 31.7. The van der Waals surface area contributed by atoms with Gasteiger partial charge in [-0.2, -0.15) is 0 Å². The number of hydrogen-bond donors (Lipinski definition) is 1. The highest BCUT2D eigenvalue weighted by molar-refractivity contribution is 5.49. The molecule has 1 unspecified atom stereocenters. The first-order valence-corrected chi connectivity index (χ1v) is 11.5. The average molecular weight is 396 g/mol. The second-order valence-electron chi connectivity index (χ2n) is 8.78. The summed E-state index contributed by atoms with van der Waals surface area (Å²) in [6.45, 7) is 22.3. The molecule has 0 saturated heterocycles. The van der Waals surface area contributed by atoms with Crippen LogP contribution >= 0.6 is 0 Å². The summed E-state index contributed by atoms with van der Waals surface area (Å²) in [5.74, 6) is 1.12. The number of carbonyl (C=O) groups is 1. The van der Waals surface area contributed by atoms with Crippen molar-refractivity contribution in [1.82, 2.24) is 0 Å². The van der Waals surface area contributed by atoms with Crippen molar-refractivity contribution in [3.8, 4) is 0 Å². The van der Waals surface area contributed by atoms with Crippen LogP contribution in [-0.4, -0.2) is 17.5 Å². The molecule has 0 aliphatic heterocycles. The minimum Gasteiger partial charge on any atom is -0.393 e. The Labute approximate surface area is 177 Å². The van der Waals surface area contributed by atoms with E-state index in [-0.39, 0.29) is 6.10 Å². The Hall–Kier alpha value is -0.980. The minimum atomic E-state index is -0.145. The number of rotatable bonds is 13. The quantitative estimate of drug-likeness (QED) is 0.148. The van der Waals surface area contributed by atoms with E-state index >= 15 is 0 Å². The van der Waals surface area contributed by atoms with Crippen molar-refractivity contribution in [2.24, 2.45) is 11.8 Å². The Morgan fingerprint density at radius 1 is 0.964 bits per heavy atom. The predicted octanol–water partition coefficient (Wildman–Crippen LogP) is 8.10. The summed E-state index contributed by atoms with van der Waals surface area (Å²) in [6.07, 6.45) is 14.2. The zero-order valence-electron chi connectivity index (χ0n) is 20.4. The summed E-state index contributed by atoms with van der Waals surface area (Å²) in [4.78, 5) is 9.62. The van der Waals surface area contributed by atoms with Crippen molar-refractivity contribution < 1.29 is 9.90 Å². The zero-order valence-corrected chi connectivity index (χ0v) is 20.4. The monoisotopic (exact) mass is 395 g/mol. The van der Waals surface area contributed by atoms with Gasteiger partial charge in [0.1, 0.15) is 6.29 Å². The van der Waals surface area contributed by atoms with Crippen LogP contribution in [0.25, 0.3) is 0 Å². The van der Waals surface area contributed by atoms with E-state index in [0.29, 0.717) is 18.3 Å². The molecule has 0 aliphatic rings. The van der Waals surface area contributed by atoms with E-state index in [1.807, 2.05) is 20.8 Å². The maximum Gasteiger partial charge on any atom is 0.204 e. The number of unbranched alkanes of at least 4 members (excludes halogenated alkanes) is 4. The van der Waals surface area contributed by atoms with Crippen LogP contribution < -0.4 is 0 Å². The highest BCUT2D eigenvalue weighted by atomic mass is 16.3. The first-order valence-electron chi connectivity index (χ1n) is 11.5. The van der Waals surface area contributed by atoms with Crippen molar-refractivity contribution in [3.05, 3.63) is 23.8 Å². The molecule has 0 heterocycles. The maximum atomic E-state index is 9.71. The molecule has 0 radical (unpaired) electrons. The Balaban J connectivity index is -0.000000376. The molecule has 0 spiro atoms. The van der Waals surface area contributed by atoms with Gasteiger partial charge in [0.05, 0.1) is 6.10 Å². The van der Waals surface area contributed by atoms with E-state index in [0.717, 1.165) is 37.5 Å². The van der Waals surface area contributed by atoms with Crippen molar-refractivity contribution in [1.29, 1.82) is 0 Å². The van der Waals surface area contributed by atoms with E-state index in [1.54, 1.807) is 0 Å². The molecule has 1 atom stereocenters. The smallest absolute Gasteiger partial charge is 0.204 e. The molecule has 0 aromatic carbocycles. The van der Waals surface area contributed by atoms with Crippen LogP contribution in [0.1, 0.15) is 120 Å². The van der Waals surface area contributed by atoms with Gasteiger partial charge in [0.15, 0.2) is 5.57 Å². The molecule has 0 aromatic heterocycles. The van der Waals surface area contributed by atoms with E-state index < -0.39 is 0 Å². The van der Waals surface area contributed by atoms with Crippen molar-refractivity contribution in [2.45, 2.75) is 126 Å². The normalized spacial score (nSPS) is 12.0. The van der Waals surface area contributed by atoms with E-state index in [2.05, 4.69) is 40.7 Å². The Bertz CT molecular complexity index is 367. The highest BCUT2D eigenvalue weighted by Gasteiger charge is 2.06. The summed E-state index contributed by atoms with van der Waals surface area (Å²) in [5.41, 5.74) is 2.41. The molecule has 166 valence electrons. The van der Waals surface area contributed by atoms with Gasteiger partial charge < -0.3 is 9.90 Å². The van der Waals surface area contributed by atoms with Gasteiger partial charge in [0.2, 0.25) is 6.58 Å². The molecule has 0 amide bonds. The molecule has 2 nitrogen and oxygen atoms in total. The fourth-order valence-electron chi connectivity index (χ4n) is 2.48. The number of carbonyl (C=O) groups excluding carboxylic acids is 1. The van der Waals surface area contributed by atoms with Crippen molar-refractivity contribution in [3.63, 3.8) is 0 Å². The van der Waals surface area contributed by atoms with Crippen LogP contribution in [-0.2, 0) is 4.79 Å². The van der Waals surface area contributed by atoms with Crippen molar-refractivity contribution in [2.75, 3.05) is 0 Å². The van der Waals surface area contributed by atoms with Crippen LogP contribution in [0.2, 0.25) is 0 Å². The predicted molar refractivity (Wildman–Crippen MR) is 127 cm³/mol. The fraction of sp³-hybridized carbons (Fsp3) is 0.808. The molecule has 0 aromatic rings. The lowest BCUT2D eigenvalue weighted by Gasteiger charge is -2.13. The van der Waals surface area contributed by atoms with Crippen LogP contribution in [0, 0.1) is 18.4 Å². The van der Waals surface area contributed by atoms with Gasteiger partial charge in [-0.05, 0) is 44.4 Å². The molecule has 0 fully saturated rings. The van der Waals surface area contributed by atoms with Gasteiger partial charge in [0, 0.05) is 19.8 Å². The summed E-state index contributed by atoms with van der Waals surface area (Å²) in [7, 11) is 0. The molecule has 0 aliphatic carbocycles. The summed E-state index contributed by atoms with van der Waals surface area (Å²) in [5, 5.41) is 9.71. The summed E-state index contributed by atoms with van der Waals surface area (Å²) in [6, 6.07) is 0. The van der Waals surface area contributed by atoms with Gasteiger partial charge in [-0.25, -0.2) is 0 Å². The van der Waals surface area contributed by atoms with Crippen LogP contribution in [0.5, 0.6) is 0 Å². The van der Waals surface area contributed by atoms with Gasteiger partial charge in [-0.1, -0.05) is 78.9 Å². The SMILES string of the molecule is CC(C)CC=O.CCCC/C=C(\C)CC(O)CC(C)C.[CH+]=C(C)CCCCC. The third-order valence-electron chi connectivity index (χ3n) is 4.09. The number of hydrogen-bond acceptors (Lipinski definition) is 2. The zero-order chi connectivity index (χ0) is 22.4. The van der Waals surface area contributed by atoms with Gasteiger partial charge >= 0.3 is 0 Å². The highest BCUT2D eigenvalue weighted by Crippen LogP contribution is 2.13. The minimum absolute atomic E-state index is 0.145. The Kier molecular flexibility index (Phi) is 27.2. The van der Waals surface area contributed by atoms with Gasteiger partial charge in [-0.3, -0.25) is 0 Å². The maximum absolute atomic E-state index is 9.71. The first-order chi connectivity index (χ1) is 13.1. The number of aliphatic hydroxyl groups is 1. The molecule has 28 heavy (non-hydrogen) atoms. The molecular formula is C26H51O2+. The second kappa shape index (κ2) is 24.1. The van der Waals surface area contributed by atoms with Crippen LogP contribution in [0.3, 0.4) is 0 Å². The topological polar surface area (TPSA) is 37.3 Å². The third kappa shape index (κ3) is 36.0. The van der Waals surface area contributed by atoms with Gasteiger partial charge in [-0.15, -0.1) is 0 Å².